The summed E-state index contributed by atoms with van der Waals surface area (Å²) in [6.45, 7) is 0.262. The molecule has 0 spiro atoms. The van der Waals surface area contributed by atoms with Crippen LogP contribution in [0.15, 0.2) is 89.9 Å². The van der Waals surface area contributed by atoms with Crippen LogP contribution in [0.2, 0.25) is 0 Å². The molecule has 4 rings (SSSR count). The van der Waals surface area contributed by atoms with E-state index in [2.05, 4.69) is 15.4 Å². The second-order valence-corrected chi connectivity index (χ2v) is 6.60. The van der Waals surface area contributed by atoms with Crippen LogP contribution >= 0.6 is 0 Å². The highest BCUT2D eigenvalue weighted by Crippen LogP contribution is 2.20. The summed E-state index contributed by atoms with van der Waals surface area (Å²) in [6.07, 6.45) is 1.43. The Morgan fingerprint density at radius 1 is 0.968 bits per heavy atom. The van der Waals surface area contributed by atoms with Gasteiger partial charge < -0.3 is 10.1 Å². The molecule has 4 aromatic rings. The fourth-order valence-electron chi connectivity index (χ4n) is 2.77. The molecule has 8 heteroatoms. The van der Waals surface area contributed by atoms with Crippen LogP contribution in [0.1, 0.15) is 16.1 Å². The third-order valence-corrected chi connectivity index (χ3v) is 4.30. The summed E-state index contributed by atoms with van der Waals surface area (Å²) in [7, 11) is 0. The number of pyridine rings is 1. The number of carbonyl (C=O) groups excluding carboxylic acids is 1. The lowest BCUT2D eigenvalue weighted by molar-refractivity contribution is 0.102. The SMILES string of the molecule is O=C(Nc1ccc(Oc2ccc(F)cc2)nc1)c1ccc(=O)n(Cc2ccccc2)n1. The number of benzene rings is 2. The molecule has 2 heterocycles. The summed E-state index contributed by atoms with van der Waals surface area (Å²) in [4.78, 5) is 28.8. The monoisotopic (exact) mass is 416 g/mol. The summed E-state index contributed by atoms with van der Waals surface area (Å²) in [6, 6.07) is 20.8. The average Bonchev–Trinajstić information content (AvgIpc) is 2.79. The Morgan fingerprint density at radius 2 is 1.74 bits per heavy atom. The molecule has 0 unspecified atom stereocenters. The first-order valence-electron chi connectivity index (χ1n) is 9.40. The summed E-state index contributed by atoms with van der Waals surface area (Å²) >= 11 is 0. The lowest BCUT2D eigenvalue weighted by Gasteiger charge is -2.09. The Balaban J connectivity index is 1.43. The molecule has 2 aromatic carbocycles. The van der Waals surface area contributed by atoms with Crippen LogP contribution in [0.3, 0.4) is 0 Å². The van der Waals surface area contributed by atoms with Crippen LogP contribution in [0.4, 0.5) is 10.1 Å². The highest BCUT2D eigenvalue weighted by atomic mass is 19.1. The van der Waals surface area contributed by atoms with Crippen molar-refractivity contribution in [2.75, 3.05) is 5.32 Å². The smallest absolute Gasteiger partial charge is 0.276 e. The van der Waals surface area contributed by atoms with Gasteiger partial charge in [-0.15, -0.1) is 0 Å². The molecule has 0 atom stereocenters. The molecule has 1 N–H and O–H groups in total. The van der Waals surface area contributed by atoms with Crippen LogP contribution < -0.4 is 15.6 Å². The Labute approximate surface area is 176 Å². The fourth-order valence-corrected chi connectivity index (χ4v) is 2.77. The Hall–Kier alpha value is -4.33. The average molecular weight is 416 g/mol. The van der Waals surface area contributed by atoms with E-state index < -0.39 is 5.91 Å². The number of nitrogens with zero attached hydrogens (tertiary/aromatic N) is 3. The highest BCUT2D eigenvalue weighted by molar-refractivity contribution is 6.02. The standard InChI is InChI=1S/C23H17FN4O3/c24-17-6-9-19(10-7-17)31-21-12-8-18(14-25-21)26-23(30)20-11-13-22(29)28(27-20)15-16-4-2-1-3-5-16/h1-14H,15H2,(H,26,30). The van der Waals surface area contributed by atoms with E-state index in [-0.39, 0.29) is 23.6 Å². The van der Waals surface area contributed by atoms with Crippen LogP contribution in [-0.2, 0) is 6.54 Å². The zero-order chi connectivity index (χ0) is 21.6. The normalized spacial score (nSPS) is 10.5. The van der Waals surface area contributed by atoms with E-state index in [1.165, 1.54) is 47.3 Å². The van der Waals surface area contributed by atoms with Crippen molar-refractivity contribution in [2.45, 2.75) is 6.54 Å². The van der Waals surface area contributed by atoms with Gasteiger partial charge in [0.1, 0.15) is 17.3 Å². The molecule has 0 fully saturated rings. The molecule has 154 valence electrons. The van der Waals surface area contributed by atoms with Gasteiger partial charge in [0.2, 0.25) is 5.88 Å². The summed E-state index contributed by atoms with van der Waals surface area (Å²) < 4.78 is 19.7. The molecule has 0 radical (unpaired) electrons. The maximum absolute atomic E-state index is 13.0. The topological polar surface area (TPSA) is 86.1 Å². The predicted molar refractivity (Wildman–Crippen MR) is 113 cm³/mol. The van der Waals surface area contributed by atoms with Crippen molar-refractivity contribution in [3.05, 3.63) is 112 Å². The van der Waals surface area contributed by atoms with Crippen molar-refractivity contribution in [3.63, 3.8) is 0 Å². The van der Waals surface area contributed by atoms with Gasteiger partial charge in [-0.25, -0.2) is 14.1 Å². The summed E-state index contributed by atoms with van der Waals surface area (Å²) in [5.74, 6) is -0.104. The third-order valence-electron chi connectivity index (χ3n) is 4.30. The maximum atomic E-state index is 13.0. The second-order valence-electron chi connectivity index (χ2n) is 6.60. The van der Waals surface area contributed by atoms with E-state index in [9.17, 15) is 14.0 Å². The zero-order valence-corrected chi connectivity index (χ0v) is 16.2. The maximum Gasteiger partial charge on any atom is 0.276 e. The van der Waals surface area contributed by atoms with Crippen LogP contribution in [0.5, 0.6) is 11.6 Å². The van der Waals surface area contributed by atoms with Gasteiger partial charge in [0.25, 0.3) is 11.5 Å². The first-order chi connectivity index (χ1) is 15.1. The van der Waals surface area contributed by atoms with Gasteiger partial charge in [-0.05, 0) is 42.0 Å². The number of ether oxygens (including phenoxy) is 1. The lowest BCUT2D eigenvalue weighted by Crippen LogP contribution is -2.26. The molecule has 7 nitrogen and oxygen atoms in total. The van der Waals surface area contributed by atoms with E-state index in [4.69, 9.17) is 4.74 Å². The molecule has 0 aliphatic rings. The number of amides is 1. The number of nitrogens with one attached hydrogen (secondary N) is 1. The van der Waals surface area contributed by atoms with E-state index in [0.717, 1.165) is 5.56 Å². The molecule has 1 amide bonds. The minimum absolute atomic E-state index is 0.0992. The van der Waals surface area contributed by atoms with Gasteiger partial charge >= 0.3 is 0 Å². The predicted octanol–water partition coefficient (Wildman–Crippen LogP) is 3.87. The molecule has 0 saturated carbocycles. The van der Waals surface area contributed by atoms with Crippen molar-refractivity contribution < 1.29 is 13.9 Å². The first kappa shape index (κ1) is 20.0. The zero-order valence-electron chi connectivity index (χ0n) is 16.2. The van der Waals surface area contributed by atoms with Crippen molar-refractivity contribution >= 4 is 11.6 Å². The first-order valence-corrected chi connectivity index (χ1v) is 9.40. The van der Waals surface area contributed by atoms with Gasteiger partial charge in [-0.1, -0.05) is 30.3 Å². The van der Waals surface area contributed by atoms with E-state index in [0.29, 0.717) is 17.3 Å². The molecule has 0 saturated heterocycles. The number of rotatable bonds is 6. The van der Waals surface area contributed by atoms with Gasteiger partial charge in [-0.3, -0.25) is 9.59 Å². The third kappa shape index (κ3) is 5.18. The van der Waals surface area contributed by atoms with E-state index in [1.54, 1.807) is 12.1 Å². The van der Waals surface area contributed by atoms with Gasteiger partial charge in [0, 0.05) is 12.1 Å². The fraction of sp³-hybridized carbons (Fsp3) is 0.0435. The number of anilines is 1. The van der Waals surface area contributed by atoms with Crippen molar-refractivity contribution in [3.8, 4) is 11.6 Å². The molecule has 0 bridgehead atoms. The highest BCUT2D eigenvalue weighted by Gasteiger charge is 2.11. The molecule has 0 aliphatic heterocycles. The van der Waals surface area contributed by atoms with Crippen molar-refractivity contribution in [2.24, 2.45) is 0 Å². The van der Waals surface area contributed by atoms with Crippen LogP contribution in [0, 0.1) is 5.82 Å². The molecule has 2 aromatic heterocycles. The number of hydrogen-bond donors (Lipinski definition) is 1. The molecule has 31 heavy (non-hydrogen) atoms. The van der Waals surface area contributed by atoms with E-state index >= 15 is 0 Å². The largest absolute Gasteiger partial charge is 0.439 e. The Bertz CT molecular complexity index is 1240. The Kier molecular flexibility index (Phi) is 5.79. The molecule has 0 aliphatic carbocycles. The second kappa shape index (κ2) is 9.00. The van der Waals surface area contributed by atoms with Gasteiger partial charge in [0.15, 0.2) is 0 Å². The number of halogens is 1. The van der Waals surface area contributed by atoms with Crippen LogP contribution in [-0.4, -0.2) is 20.7 Å². The van der Waals surface area contributed by atoms with Crippen molar-refractivity contribution in [1.29, 1.82) is 0 Å². The molecular weight excluding hydrogens is 399 g/mol. The number of carbonyl (C=O) groups is 1. The van der Waals surface area contributed by atoms with Crippen LogP contribution in [0.25, 0.3) is 0 Å². The number of hydrogen-bond acceptors (Lipinski definition) is 5. The minimum atomic E-state index is -0.476. The Morgan fingerprint density at radius 3 is 2.45 bits per heavy atom. The van der Waals surface area contributed by atoms with Gasteiger partial charge in [0.05, 0.1) is 18.4 Å². The van der Waals surface area contributed by atoms with Crippen molar-refractivity contribution in [1.82, 2.24) is 14.8 Å². The molecular formula is C23H17FN4O3. The van der Waals surface area contributed by atoms with E-state index in [1.807, 2.05) is 30.3 Å². The lowest BCUT2D eigenvalue weighted by atomic mass is 10.2. The summed E-state index contributed by atoms with van der Waals surface area (Å²) in [5, 5.41) is 6.84. The minimum Gasteiger partial charge on any atom is -0.439 e. The quantitative estimate of drug-likeness (QED) is 0.516. The summed E-state index contributed by atoms with van der Waals surface area (Å²) in [5.41, 5.74) is 1.13. The van der Waals surface area contributed by atoms with Gasteiger partial charge in [-0.2, -0.15) is 5.10 Å². The number of aromatic nitrogens is 3.